The highest BCUT2D eigenvalue weighted by Crippen LogP contribution is 2.23. The molecule has 0 amide bonds. The third-order valence-electron chi connectivity index (χ3n) is 3.85. The number of rotatable bonds is 4. The van der Waals surface area contributed by atoms with Gasteiger partial charge in [-0.05, 0) is 36.6 Å². The highest BCUT2D eigenvalue weighted by Gasteiger charge is 2.22. The molecular weight excluding hydrogens is 274 g/mol. The zero-order valence-corrected chi connectivity index (χ0v) is 12.5. The first kappa shape index (κ1) is 14.4. The molecule has 1 atom stereocenters. The Bertz CT molecular complexity index is 611. The highest BCUT2D eigenvalue weighted by atomic mass is 15.2. The van der Waals surface area contributed by atoms with Crippen molar-refractivity contribution < 1.29 is 0 Å². The van der Waals surface area contributed by atoms with E-state index in [9.17, 15) is 0 Å². The lowest BCUT2D eigenvalue weighted by molar-refractivity contribution is 0.603. The molecular formula is C17H21N5. The maximum Gasteiger partial charge on any atom is 0.194 e. The van der Waals surface area contributed by atoms with Crippen LogP contribution in [0.2, 0.25) is 0 Å². The topological polar surface area (TPSA) is 66.5 Å². The van der Waals surface area contributed by atoms with Gasteiger partial charge in [0.05, 0.1) is 0 Å². The first-order valence-corrected chi connectivity index (χ1v) is 7.59. The summed E-state index contributed by atoms with van der Waals surface area (Å²) in [6.07, 6.45) is 2.87. The molecule has 5 nitrogen and oxygen atoms in total. The Morgan fingerprint density at radius 1 is 1.23 bits per heavy atom. The molecule has 0 bridgehead atoms. The largest absolute Gasteiger partial charge is 0.371 e. The van der Waals surface area contributed by atoms with Crippen LogP contribution < -0.4 is 16.0 Å². The second-order valence-corrected chi connectivity index (χ2v) is 5.50. The summed E-state index contributed by atoms with van der Waals surface area (Å²) in [5.41, 5.74) is 7.20. The molecule has 114 valence electrons. The number of nitrogens with zero attached hydrogens (tertiary/aromatic N) is 3. The number of guanidine groups is 1. The van der Waals surface area contributed by atoms with E-state index in [1.807, 2.05) is 24.3 Å². The smallest absolute Gasteiger partial charge is 0.194 e. The highest BCUT2D eigenvalue weighted by molar-refractivity contribution is 5.91. The van der Waals surface area contributed by atoms with Crippen LogP contribution in [0.5, 0.6) is 0 Å². The molecule has 1 aliphatic rings. The van der Waals surface area contributed by atoms with Gasteiger partial charge in [-0.3, -0.25) is 4.99 Å². The van der Waals surface area contributed by atoms with Gasteiger partial charge in [0.15, 0.2) is 5.96 Å². The van der Waals surface area contributed by atoms with Crippen LogP contribution in [0.3, 0.4) is 0 Å². The van der Waals surface area contributed by atoms with Crippen LogP contribution in [0.4, 0.5) is 11.5 Å². The van der Waals surface area contributed by atoms with E-state index in [1.54, 1.807) is 6.20 Å². The summed E-state index contributed by atoms with van der Waals surface area (Å²) >= 11 is 0. The number of nitrogens with two attached hydrogens (primary N) is 1. The third kappa shape index (κ3) is 3.75. The van der Waals surface area contributed by atoms with Crippen molar-refractivity contribution in [3.63, 3.8) is 0 Å². The van der Waals surface area contributed by atoms with Crippen molar-refractivity contribution in [2.75, 3.05) is 29.9 Å². The van der Waals surface area contributed by atoms with Gasteiger partial charge < -0.3 is 16.0 Å². The van der Waals surface area contributed by atoms with Gasteiger partial charge in [-0.25, -0.2) is 4.98 Å². The monoisotopic (exact) mass is 295 g/mol. The Balaban J connectivity index is 1.51. The van der Waals surface area contributed by atoms with E-state index in [2.05, 4.69) is 44.5 Å². The van der Waals surface area contributed by atoms with E-state index >= 15 is 0 Å². The van der Waals surface area contributed by atoms with Crippen LogP contribution in [0.15, 0.2) is 59.7 Å². The molecule has 1 aromatic carbocycles. The van der Waals surface area contributed by atoms with E-state index in [1.165, 1.54) is 5.69 Å². The predicted octanol–water partition coefficient (Wildman–Crippen LogP) is 2.33. The molecule has 2 aromatic rings. The van der Waals surface area contributed by atoms with Crippen molar-refractivity contribution in [3.8, 4) is 0 Å². The summed E-state index contributed by atoms with van der Waals surface area (Å²) in [7, 11) is 0. The Kier molecular flexibility index (Phi) is 4.53. The number of anilines is 2. The average molecular weight is 295 g/mol. The standard InChI is InChI=1S/C17H21N5/c18-17(21-16-8-4-5-10-19-16)20-12-14-9-11-22(13-14)15-6-2-1-3-7-15/h1-8,10,14H,9,11-13H2,(H3,18,19,20,21). The van der Waals surface area contributed by atoms with Gasteiger partial charge in [-0.2, -0.15) is 0 Å². The number of para-hydroxylation sites is 1. The maximum absolute atomic E-state index is 5.91. The molecule has 3 rings (SSSR count). The van der Waals surface area contributed by atoms with Crippen LogP contribution in [0.1, 0.15) is 6.42 Å². The van der Waals surface area contributed by atoms with Crippen LogP contribution in [0.25, 0.3) is 0 Å². The second kappa shape index (κ2) is 6.93. The number of aromatic nitrogens is 1. The Labute approximate surface area is 130 Å². The number of nitrogens with one attached hydrogen (secondary N) is 1. The molecule has 0 aliphatic carbocycles. The van der Waals surface area contributed by atoms with Crippen LogP contribution in [-0.2, 0) is 0 Å². The normalized spacial score (nSPS) is 18.5. The summed E-state index contributed by atoms with van der Waals surface area (Å²) in [5.74, 6) is 1.70. The molecule has 0 spiro atoms. The van der Waals surface area contributed by atoms with Gasteiger partial charge >= 0.3 is 0 Å². The lowest BCUT2D eigenvalue weighted by atomic mass is 10.1. The maximum atomic E-state index is 5.91. The first-order valence-electron chi connectivity index (χ1n) is 7.59. The molecule has 5 heteroatoms. The number of hydrogen-bond acceptors (Lipinski definition) is 3. The van der Waals surface area contributed by atoms with Crippen molar-refractivity contribution in [1.82, 2.24) is 4.98 Å². The summed E-state index contributed by atoms with van der Waals surface area (Å²) in [6, 6.07) is 16.2. The summed E-state index contributed by atoms with van der Waals surface area (Å²) in [5, 5.41) is 3.01. The fraction of sp³-hybridized carbons (Fsp3) is 0.294. The summed E-state index contributed by atoms with van der Waals surface area (Å²) in [4.78, 5) is 11.0. The van der Waals surface area contributed by atoms with Crippen molar-refractivity contribution in [2.24, 2.45) is 16.6 Å². The van der Waals surface area contributed by atoms with Gasteiger partial charge in [0.1, 0.15) is 5.82 Å². The molecule has 0 radical (unpaired) electrons. The molecule has 1 unspecified atom stereocenters. The lowest BCUT2D eigenvalue weighted by Gasteiger charge is -2.18. The van der Waals surface area contributed by atoms with Crippen molar-refractivity contribution in [1.29, 1.82) is 0 Å². The quantitative estimate of drug-likeness (QED) is 0.671. The van der Waals surface area contributed by atoms with E-state index in [0.29, 0.717) is 11.9 Å². The fourth-order valence-electron chi connectivity index (χ4n) is 2.69. The second-order valence-electron chi connectivity index (χ2n) is 5.50. The molecule has 22 heavy (non-hydrogen) atoms. The lowest BCUT2D eigenvalue weighted by Crippen LogP contribution is -2.25. The average Bonchev–Trinajstić information content (AvgIpc) is 3.04. The molecule has 0 saturated carbocycles. The SMILES string of the molecule is NC(=NCC1CCN(c2ccccc2)C1)Nc1ccccn1. The van der Waals surface area contributed by atoms with Crippen molar-refractivity contribution in [3.05, 3.63) is 54.7 Å². The van der Waals surface area contributed by atoms with Gasteiger partial charge in [0.25, 0.3) is 0 Å². The van der Waals surface area contributed by atoms with Gasteiger partial charge in [-0.1, -0.05) is 24.3 Å². The predicted molar refractivity (Wildman–Crippen MR) is 91.1 cm³/mol. The van der Waals surface area contributed by atoms with E-state index < -0.39 is 0 Å². The molecule has 1 saturated heterocycles. The summed E-state index contributed by atoms with van der Waals surface area (Å²) < 4.78 is 0. The van der Waals surface area contributed by atoms with Crippen molar-refractivity contribution in [2.45, 2.75) is 6.42 Å². The van der Waals surface area contributed by atoms with E-state index in [0.717, 1.165) is 31.9 Å². The van der Waals surface area contributed by atoms with Crippen molar-refractivity contribution >= 4 is 17.5 Å². The van der Waals surface area contributed by atoms with E-state index in [-0.39, 0.29) is 0 Å². The van der Waals surface area contributed by atoms with Crippen LogP contribution in [0, 0.1) is 5.92 Å². The fourth-order valence-corrected chi connectivity index (χ4v) is 2.69. The van der Waals surface area contributed by atoms with Crippen LogP contribution >= 0.6 is 0 Å². The molecule has 1 aromatic heterocycles. The van der Waals surface area contributed by atoms with E-state index in [4.69, 9.17) is 5.73 Å². The van der Waals surface area contributed by atoms with Gasteiger partial charge in [0.2, 0.25) is 0 Å². The molecule has 1 aliphatic heterocycles. The number of aliphatic imine (C=N–C) groups is 1. The Morgan fingerprint density at radius 3 is 2.82 bits per heavy atom. The minimum Gasteiger partial charge on any atom is -0.371 e. The third-order valence-corrected chi connectivity index (χ3v) is 3.85. The minimum atomic E-state index is 0.428. The minimum absolute atomic E-state index is 0.428. The Morgan fingerprint density at radius 2 is 2.05 bits per heavy atom. The molecule has 2 heterocycles. The zero-order chi connectivity index (χ0) is 15.2. The Hall–Kier alpha value is -2.56. The molecule has 1 fully saturated rings. The first-order chi connectivity index (χ1) is 10.8. The zero-order valence-electron chi connectivity index (χ0n) is 12.5. The number of hydrogen-bond donors (Lipinski definition) is 2. The summed E-state index contributed by atoms with van der Waals surface area (Å²) in [6.45, 7) is 2.86. The van der Waals surface area contributed by atoms with Crippen LogP contribution in [-0.4, -0.2) is 30.6 Å². The molecule has 3 N–H and O–H groups in total. The van der Waals surface area contributed by atoms with Gasteiger partial charge in [0, 0.05) is 31.5 Å². The van der Waals surface area contributed by atoms with Gasteiger partial charge in [-0.15, -0.1) is 0 Å². The number of benzene rings is 1. The number of pyridine rings is 1.